The molecule has 0 bridgehead atoms. The molecule has 0 spiro atoms. The first-order valence-electron chi connectivity index (χ1n) is 6.67. The Morgan fingerprint density at radius 2 is 2.10 bits per heavy atom. The molecule has 1 heterocycles. The number of anilines is 1. The summed E-state index contributed by atoms with van der Waals surface area (Å²) in [6, 6.07) is 4.26. The fourth-order valence-corrected chi connectivity index (χ4v) is 2.93. The Morgan fingerprint density at radius 1 is 1.33 bits per heavy atom. The minimum Gasteiger partial charge on any atom is -0.368 e. The predicted molar refractivity (Wildman–Crippen MR) is 78.4 cm³/mol. The molecule has 0 aliphatic heterocycles. The van der Waals surface area contributed by atoms with E-state index in [1.807, 2.05) is 0 Å². The van der Waals surface area contributed by atoms with Gasteiger partial charge in [-0.3, -0.25) is 4.79 Å². The molecule has 1 aromatic heterocycles. The molecule has 6 heteroatoms. The molecule has 0 saturated carbocycles. The van der Waals surface area contributed by atoms with Gasteiger partial charge in [0.25, 0.3) is 0 Å². The lowest BCUT2D eigenvalue weighted by atomic mass is 9.76. The van der Waals surface area contributed by atoms with E-state index in [1.165, 1.54) is 12.1 Å². The summed E-state index contributed by atoms with van der Waals surface area (Å²) in [6.07, 6.45) is 0.863. The Morgan fingerprint density at radius 3 is 2.81 bits per heavy atom. The Balaban J connectivity index is 2.04. The minimum atomic E-state index is -0.388. The van der Waals surface area contributed by atoms with Crippen molar-refractivity contribution in [1.82, 2.24) is 9.97 Å². The molecule has 2 radical (unpaired) electrons. The van der Waals surface area contributed by atoms with Gasteiger partial charge in [0.1, 0.15) is 13.7 Å². The molecule has 2 aromatic rings. The number of halogens is 1. The third-order valence-electron chi connectivity index (χ3n) is 3.82. The molecule has 1 aromatic carbocycles. The number of nitrogen functional groups attached to an aromatic ring is 1. The average Bonchev–Trinajstić information content (AvgIpc) is 2.36. The topological polar surface area (TPSA) is 68.9 Å². The maximum absolute atomic E-state index is 13.2. The molecular weight excluding hydrogens is 268 g/mol. The van der Waals surface area contributed by atoms with E-state index >= 15 is 0 Å². The fourth-order valence-electron chi connectivity index (χ4n) is 2.93. The zero-order valence-corrected chi connectivity index (χ0v) is 11.6. The van der Waals surface area contributed by atoms with Crippen LogP contribution in [-0.4, -0.2) is 23.6 Å². The van der Waals surface area contributed by atoms with Crippen molar-refractivity contribution in [1.29, 1.82) is 0 Å². The number of hydrogen-bond acceptors (Lipinski definition) is 4. The monoisotopic (exact) mass is 281 g/mol. The number of rotatable bonds is 1. The molecule has 1 unspecified atom stereocenters. The van der Waals surface area contributed by atoms with Crippen molar-refractivity contribution < 1.29 is 9.18 Å². The predicted octanol–water partition coefficient (Wildman–Crippen LogP) is 1.21. The summed E-state index contributed by atoms with van der Waals surface area (Å²) < 4.78 is 13.2. The second-order valence-electron chi connectivity index (χ2n) is 5.29. The van der Waals surface area contributed by atoms with Crippen molar-refractivity contribution in [2.45, 2.75) is 25.7 Å². The van der Waals surface area contributed by atoms with Crippen molar-refractivity contribution in [2.75, 3.05) is 5.73 Å². The molecular formula is C15H13BFN3O. The number of ketones is 1. The first kappa shape index (κ1) is 13.7. The summed E-state index contributed by atoms with van der Waals surface area (Å²) in [5.41, 5.74) is 8.58. The Hall–Kier alpha value is -2.24. The van der Waals surface area contributed by atoms with Gasteiger partial charge in [-0.15, -0.1) is 0 Å². The van der Waals surface area contributed by atoms with Gasteiger partial charge in [0, 0.05) is 6.42 Å². The van der Waals surface area contributed by atoms with Crippen LogP contribution in [0.25, 0.3) is 0 Å². The number of fused-ring (bicyclic) bond motifs is 1. The summed E-state index contributed by atoms with van der Waals surface area (Å²) in [5.74, 6) is -0.366. The Kier molecular flexibility index (Phi) is 3.24. The van der Waals surface area contributed by atoms with Crippen molar-refractivity contribution in [3.63, 3.8) is 0 Å². The van der Waals surface area contributed by atoms with Gasteiger partial charge in [-0.25, -0.2) is 14.4 Å². The highest BCUT2D eigenvalue weighted by Gasteiger charge is 2.30. The fraction of sp³-hybridized carbons (Fsp3) is 0.267. The van der Waals surface area contributed by atoms with E-state index in [1.54, 1.807) is 13.0 Å². The maximum atomic E-state index is 13.2. The Labute approximate surface area is 123 Å². The number of benzene rings is 1. The lowest BCUT2D eigenvalue weighted by Gasteiger charge is -2.25. The van der Waals surface area contributed by atoms with Crippen LogP contribution in [-0.2, 0) is 6.42 Å². The number of carbonyl (C=O) groups excluding carboxylic acids is 1. The van der Waals surface area contributed by atoms with Gasteiger partial charge in [-0.2, -0.15) is 0 Å². The summed E-state index contributed by atoms with van der Waals surface area (Å²) in [5, 5.41) is 0. The minimum absolute atomic E-state index is 0.0255. The van der Waals surface area contributed by atoms with E-state index in [-0.39, 0.29) is 23.5 Å². The summed E-state index contributed by atoms with van der Waals surface area (Å²) >= 11 is 0. The lowest BCUT2D eigenvalue weighted by Crippen LogP contribution is -2.26. The number of Topliss-reactive ketones (excluding diaryl/α,β-unsaturated/α-hetero) is 1. The SMILES string of the molecule is [B]c1cc(F)ccc1C1CC(=O)c2c(C)nc(N)nc2C1. The number of aryl methyl sites for hydroxylation is 1. The van der Waals surface area contributed by atoms with Gasteiger partial charge in [-0.1, -0.05) is 17.1 Å². The first-order chi connectivity index (χ1) is 9.95. The zero-order chi connectivity index (χ0) is 15.1. The molecule has 1 aliphatic rings. The van der Waals surface area contributed by atoms with Crippen molar-refractivity contribution in [3.8, 4) is 0 Å². The molecule has 0 amide bonds. The van der Waals surface area contributed by atoms with E-state index < -0.39 is 0 Å². The maximum Gasteiger partial charge on any atom is 0.220 e. The normalized spacial score (nSPS) is 17.6. The summed E-state index contributed by atoms with van der Waals surface area (Å²) in [4.78, 5) is 20.6. The van der Waals surface area contributed by atoms with E-state index in [9.17, 15) is 9.18 Å². The molecule has 104 valence electrons. The van der Waals surface area contributed by atoms with Crippen LogP contribution in [0.5, 0.6) is 0 Å². The van der Waals surface area contributed by atoms with Crippen LogP contribution < -0.4 is 11.2 Å². The highest BCUT2D eigenvalue weighted by molar-refractivity contribution is 6.33. The van der Waals surface area contributed by atoms with Gasteiger partial charge < -0.3 is 5.73 Å². The second-order valence-corrected chi connectivity index (χ2v) is 5.29. The highest BCUT2D eigenvalue weighted by Crippen LogP contribution is 2.32. The molecule has 3 rings (SSSR count). The van der Waals surface area contributed by atoms with E-state index in [0.29, 0.717) is 35.3 Å². The number of aromatic nitrogens is 2. The molecule has 2 N–H and O–H groups in total. The van der Waals surface area contributed by atoms with Crippen LogP contribution in [0.1, 0.15) is 39.6 Å². The lowest BCUT2D eigenvalue weighted by molar-refractivity contribution is 0.0962. The van der Waals surface area contributed by atoms with Crippen molar-refractivity contribution >= 4 is 25.0 Å². The third kappa shape index (κ3) is 2.41. The summed E-state index contributed by atoms with van der Waals surface area (Å²) in [7, 11) is 5.87. The molecule has 1 atom stereocenters. The van der Waals surface area contributed by atoms with Crippen molar-refractivity contribution in [2.24, 2.45) is 0 Å². The molecule has 0 fully saturated rings. The molecule has 0 saturated heterocycles. The molecule has 21 heavy (non-hydrogen) atoms. The van der Waals surface area contributed by atoms with E-state index in [0.717, 1.165) is 5.56 Å². The van der Waals surface area contributed by atoms with E-state index in [4.69, 9.17) is 13.6 Å². The smallest absolute Gasteiger partial charge is 0.220 e. The molecule has 4 nitrogen and oxygen atoms in total. The third-order valence-corrected chi connectivity index (χ3v) is 3.82. The molecule has 1 aliphatic carbocycles. The van der Waals surface area contributed by atoms with Crippen LogP contribution in [0, 0.1) is 12.7 Å². The second kappa shape index (κ2) is 4.95. The first-order valence-corrected chi connectivity index (χ1v) is 6.67. The van der Waals surface area contributed by atoms with Crippen LogP contribution >= 0.6 is 0 Å². The van der Waals surface area contributed by atoms with Crippen LogP contribution in [0.4, 0.5) is 10.3 Å². The average molecular weight is 281 g/mol. The van der Waals surface area contributed by atoms with Crippen molar-refractivity contribution in [3.05, 3.63) is 46.5 Å². The van der Waals surface area contributed by atoms with Crippen LogP contribution in [0.15, 0.2) is 18.2 Å². The van der Waals surface area contributed by atoms with Gasteiger partial charge in [0.15, 0.2) is 5.78 Å². The Bertz CT molecular complexity index is 748. The van der Waals surface area contributed by atoms with Crippen LogP contribution in [0.2, 0.25) is 0 Å². The van der Waals surface area contributed by atoms with Gasteiger partial charge in [0.2, 0.25) is 5.95 Å². The number of carbonyl (C=O) groups is 1. The van der Waals surface area contributed by atoms with Gasteiger partial charge >= 0.3 is 0 Å². The largest absolute Gasteiger partial charge is 0.368 e. The zero-order valence-electron chi connectivity index (χ0n) is 11.6. The highest BCUT2D eigenvalue weighted by atomic mass is 19.1. The van der Waals surface area contributed by atoms with Gasteiger partial charge in [0.05, 0.1) is 17.0 Å². The van der Waals surface area contributed by atoms with E-state index in [2.05, 4.69) is 9.97 Å². The number of nitrogens with zero attached hydrogens (tertiary/aromatic N) is 2. The number of hydrogen-bond donors (Lipinski definition) is 1. The van der Waals surface area contributed by atoms with Crippen LogP contribution in [0.3, 0.4) is 0 Å². The quantitative estimate of drug-likeness (QED) is 0.798. The number of nitrogens with two attached hydrogens (primary N) is 1. The summed E-state index contributed by atoms with van der Waals surface area (Å²) in [6.45, 7) is 1.75. The standard InChI is InChI=1S/C15H13BFN3O/c1-7-14-12(20-15(18)19-7)4-8(5-13(14)21)10-3-2-9(17)6-11(10)16/h2-3,6,8H,4-5H2,1H3,(H2,18,19,20). The van der Waals surface area contributed by atoms with Gasteiger partial charge in [-0.05, 0) is 31.4 Å².